The van der Waals surface area contributed by atoms with Crippen LogP contribution in [-0.4, -0.2) is 14.4 Å². The van der Waals surface area contributed by atoms with Crippen LogP contribution in [0.25, 0.3) is 27.7 Å². The van der Waals surface area contributed by atoms with E-state index in [0.717, 1.165) is 22.2 Å². The van der Waals surface area contributed by atoms with Crippen LogP contribution in [0.3, 0.4) is 0 Å². The Morgan fingerprint density at radius 2 is 1.84 bits per heavy atom. The summed E-state index contributed by atoms with van der Waals surface area (Å²) in [7, 11) is 0. The summed E-state index contributed by atoms with van der Waals surface area (Å²) in [6.45, 7) is 0. The summed E-state index contributed by atoms with van der Waals surface area (Å²) in [5.74, 6) is 0. The van der Waals surface area contributed by atoms with Gasteiger partial charge in [0.1, 0.15) is 17.2 Å². The van der Waals surface area contributed by atoms with Gasteiger partial charge in [0, 0.05) is 11.6 Å². The number of aromatic nitrogens is 3. The van der Waals surface area contributed by atoms with E-state index in [1.807, 2.05) is 53.1 Å². The molecule has 0 spiro atoms. The van der Waals surface area contributed by atoms with Gasteiger partial charge in [-0.3, -0.25) is 4.40 Å². The van der Waals surface area contributed by atoms with Crippen molar-refractivity contribution in [2.75, 3.05) is 0 Å². The predicted molar refractivity (Wildman–Crippen MR) is 72.7 cm³/mol. The summed E-state index contributed by atoms with van der Waals surface area (Å²) in [5, 5.41) is 10.3. The summed E-state index contributed by atoms with van der Waals surface area (Å²) in [5.41, 5.74) is 3.59. The Labute approximate surface area is 108 Å². The maximum atomic E-state index is 9.43. The molecule has 0 radical (unpaired) electrons. The Hall–Kier alpha value is -2.93. The molecular formula is C15H8N4. The topological polar surface area (TPSA) is 54.0 Å². The third kappa shape index (κ3) is 1.27. The van der Waals surface area contributed by atoms with E-state index in [2.05, 4.69) is 16.0 Å². The van der Waals surface area contributed by atoms with E-state index in [1.165, 1.54) is 0 Å². The Kier molecular flexibility index (Phi) is 1.86. The minimum atomic E-state index is 0.587. The van der Waals surface area contributed by atoms with Crippen molar-refractivity contribution in [2.45, 2.75) is 0 Å². The number of pyridine rings is 2. The van der Waals surface area contributed by atoms with Crippen LogP contribution in [0.4, 0.5) is 0 Å². The molecule has 19 heavy (non-hydrogen) atoms. The lowest BCUT2D eigenvalue weighted by Crippen LogP contribution is -1.89. The molecule has 0 aliphatic heterocycles. The van der Waals surface area contributed by atoms with E-state index in [4.69, 9.17) is 0 Å². The quantitative estimate of drug-likeness (QED) is 0.478. The van der Waals surface area contributed by atoms with E-state index in [9.17, 15) is 5.26 Å². The molecule has 0 atom stereocenters. The van der Waals surface area contributed by atoms with Crippen LogP contribution in [0.5, 0.6) is 0 Å². The Balaban J connectivity index is 2.36. The molecule has 88 valence electrons. The highest BCUT2D eigenvalue weighted by Gasteiger charge is 2.13. The van der Waals surface area contributed by atoms with Gasteiger partial charge in [-0.05, 0) is 18.2 Å². The molecule has 1 aromatic carbocycles. The number of hydrogen-bond acceptors (Lipinski definition) is 3. The highest BCUT2D eigenvalue weighted by atomic mass is 15.1. The Morgan fingerprint density at radius 1 is 1.00 bits per heavy atom. The smallest absolute Gasteiger partial charge is 0.166 e. The number of benzene rings is 1. The monoisotopic (exact) mass is 244 g/mol. The van der Waals surface area contributed by atoms with Crippen molar-refractivity contribution in [1.82, 2.24) is 14.4 Å². The second-order valence-electron chi connectivity index (χ2n) is 4.33. The molecule has 4 nitrogen and oxygen atoms in total. The van der Waals surface area contributed by atoms with Gasteiger partial charge in [-0.1, -0.05) is 24.3 Å². The van der Waals surface area contributed by atoms with Crippen molar-refractivity contribution in [1.29, 1.82) is 5.26 Å². The third-order valence-electron chi connectivity index (χ3n) is 3.25. The molecule has 3 heterocycles. The van der Waals surface area contributed by atoms with Gasteiger partial charge in [-0.15, -0.1) is 0 Å². The number of imidazole rings is 1. The SMILES string of the molecule is N#Cc1c2ccccc2nc2c1nc1ccccn12. The van der Waals surface area contributed by atoms with Crippen LogP contribution < -0.4 is 0 Å². The van der Waals surface area contributed by atoms with Crippen molar-refractivity contribution in [3.8, 4) is 6.07 Å². The van der Waals surface area contributed by atoms with Gasteiger partial charge in [0.25, 0.3) is 0 Å². The summed E-state index contributed by atoms with van der Waals surface area (Å²) >= 11 is 0. The average Bonchev–Trinajstić information content (AvgIpc) is 2.83. The fourth-order valence-corrected chi connectivity index (χ4v) is 2.39. The van der Waals surface area contributed by atoms with Gasteiger partial charge < -0.3 is 0 Å². The first-order valence-corrected chi connectivity index (χ1v) is 5.94. The zero-order valence-corrected chi connectivity index (χ0v) is 9.91. The van der Waals surface area contributed by atoms with E-state index < -0.39 is 0 Å². The van der Waals surface area contributed by atoms with Crippen LogP contribution in [-0.2, 0) is 0 Å². The van der Waals surface area contributed by atoms with Gasteiger partial charge in [0.15, 0.2) is 5.65 Å². The summed E-state index contributed by atoms with van der Waals surface area (Å²) in [6, 6.07) is 15.7. The largest absolute Gasteiger partial charge is 0.284 e. The zero-order valence-electron chi connectivity index (χ0n) is 9.91. The van der Waals surface area contributed by atoms with Crippen molar-refractivity contribution >= 4 is 27.7 Å². The number of fused-ring (bicyclic) bond motifs is 4. The van der Waals surface area contributed by atoms with Crippen LogP contribution in [0.2, 0.25) is 0 Å². The van der Waals surface area contributed by atoms with Crippen molar-refractivity contribution in [3.05, 3.63) is 54.2 Å². The summed E-state index contributed by atoms with van der Waals surface area (Å²) < 4.78 is 1.91. The van der Waals surface area contributed by atoms with Crippen molar-refractivity contribution in [3.63, 3.8) is 0 Å². The summed E-state index contributed by atoms with van der Waals surface area (Å²) in [4.78, 5) is 9.14. The van der Waals surface area contributed by atoms with E-state index >= 15 is 0 Å². The molecule has 4 heteroatoms. The molecule has 0 saturated heterocycles. The normalized spacial score (nSPS) is 11.1. The first kappa shape index (κ1) is 10.0. The highest BCUT2D eigenvalue weighted by molar-refractivity contribution is 5.98. The van der Waals surface area contributed by atoms with Crippen molar-refractivity contribution < 1.29 is 0 Å². The predicted octanol–water partition coefficient (Wildman–Crippen LogP) is 2.91. The second kappa shape index (κ2) is 3.53. The average molecular weight is 244 g/mol. The zero-order chi connectivity index (χ0) is 12.8. The van der Waals surface area contributed by atoms with Crippen LogP contribution >= 0.6 is 0 Å². The lowest BCUT2D eigenvalue weighted by Gasteiger charge is -2.00. The molecule has 3 aromatic heterocycles. The minimum Gasteiger partial charge on any atom is -0.284 e. The fourth-order valence-electron chi connectivity index (χ4n) is 2.39. The standard InChI is InChI=1S/C15H8N4/c16-9-11-10-5-1-2-6-12(10)17-15-14(11)18-13-7-3-4-8-19(13)15/h1-8H. The fraction of sp³-hybridized carbons (Fsp3) is 0. The number of nitriles is 1. The molecule has 0 aliphatic carbocycles. The van der Waals surface area contributed by atoms with Crippen LogP contribution in [0.15, 0.2) is 48.7 Å². The maximum absolute atomic E-state index is 9.43. The molecular weight excluding hydrogens is 236 g/mol. The van der Waals surface area contributed by atoms with E-state index in [-0.39, 0.29) is 0 Å². The molecule has 4 rings (SSSR count). The van der Waals surface area contributed by atoms with Gasteiger partial charge in [-0.2, -0.15) is 5.26 Å². The number of rotatable bonds is 0. The van der Waals surface area contributed by atoms with Gasteiger partial charge in [0.2, 0.25) is 0 Å². The minimum absolute atomic E-state index is 0.587. The Morgan fingerprint density at radius 3 is 2.74 bits per heavy atom. The van der Waals surface area contributed by atoms with Gasteiger partial charge in [0.05, 0.1) is 11.1 Å². The molecule has 0 fully saturated rings. The highest BCUT2D eigenvalue weighted by Crippen LogP contribution is 2.25. The van der Waals surface area contributed by atoms with Gasteiger partial charge >= 0.3 is 0 Å². The first-order valence-electron chi connectivity index (χ1n) is 5.94. The van der Waals surface area contributed by atoms with E-state index in [1.54, 1.807) is 0 Å². The number of para-hydroxylation sites is 1. The molecule has 4 aromatic rings. The first-order chi connectivity index (χ1) is 9.38. The van der Waals surface area contributed by atoms with E-state index in [0.29, 0.717) is 11.1 Å². The lowest BCUT2D eigenvalue weighted by molar-refractivity contribution is 1.19. The summed E-state index contributed by atoms with van der Waals surface area (Å²) in [6.07, 6.45) is 1.91. The van der Waals surface area contributed by atoms with Crippen LogP contribution in [0.1, 0.15) is 5.56 Å². The molecule has 0 saturated carbocycles. The third-order valence-corrected chi connectivity index (χ3v) is 3.25. The molecule has 0 N–H and O–H groups in total. The number of hydrogen-bond donors (Lipinski definition) is 0. The second-order valence-corrected chi connectivity index (χ2v) is 4.33. The Bertz CT molecular complexity index is 976. The lowest BCUT2D eigenvalue weighted by atomic mass is 10.1. The molecule has 0 amide bonds. The molecule has 0 aliphatic rings. The van der Waals surface area contributed by atoms with Crippen LogP contribution in [0, 0.1) is 11.3 Å². The van der Waals surface area contributed by atoms with Gasteiger partial charge in [-0.25, -0.2) is 9.97 Å². The number of nitrogens with zero attached hydrogens (tertiary/aromatic N) is 4. The van der Waals surface area contributed by atoms with Crippen molar-refractivity contribution in [2.24, 2.45) is 0 Å². The molecule has 0 bridgehead atoms. The maximum Gasteiger partial charge on any atom is 0.166 e. The molecule has 0 unspecified atom stereocenters.